The molecule has 3 rings (SSSR count). The third kappa shape index (κ3) is 3.33. The van der Waals surface area contributed by atoms with E-state index in [4.69, 9.17) is 23.2 Å². The van der Waals surface area contributed by atoms with Crippen molar-refractivity contribution in [2.24, 2.45) is 0 Å². The summed E-state index contributed by atoms with van der Waals surface area (Å²) in [7, 11) is 0. The summed E-state index contributed by atoms with van der Waals surface area (Å²) < 4.78 is 1.89. The molecule has 0 bridgehead atoms. The molecule has 2 aromatic heterocycles. The van der Waals surface area contributed by atoms with Gasteiger partial charge in [0.25, 0.3) is 5.91 Å². The van der Waals surface area contributed by atoms with Gasteiger partial charge in [-0.15, -0.1) is 0 Å². The quantitative estimate of drug-likeness (QED) is 0.777. The fourth-order valence-electron chi connectivity index (χ4n) is 2.48. The molecule has 0 aliphatic carbocycles. The van der Waals surface area contributed by atoms with Crippen LogP contribution in [0.2, 0.25) is 10.0 Å². The van der Waals surface area contributed by atoms with E-state index in [2.05, 4.69) is 10.3 Å². The summed E-state index contributed by atoms with van der Waals surface area (Å²) in [4.78, 5) is 16.7. The van der Waals surface area contributed by atoms with Gasteiger partial charge >= 0.3 is 0 Å². The lowest BCUT2D eigenvalue weighted by Crippen LogP contribution is -2.26. The molecule has 0 aliphatic rings. The van der Waals surface area contributed by atoms with Crippen LogP contribution >= 0.6 is 23.2 Å². The Morgan fingerprint density at radius 1 is 1.26 bits per heavy atom. The van der Waals surface area contributed by atoms with Crippen LogP contribution in [0.3, 0.4) is 0 Å². The van der Waals surface area contributed by atoms with Crippen molar-refractivity contribution < 1.29 is 4.79 Å². The van der Waals surface area contributed by atoms with Crippen LogP contribution in [0.25, 0.3) is 5.52 Å². The average molecular weight is 348 g/mol. The third-order valence-electron chi connectivity index (χ3n) is 3.63. The van der Waals surface area contributed by atoms with Crippen LogP contribution in [-0.2, 0) is 6.42 Å². The van der Waals surface area contributed by atoms with Crippen LogP contribution < -0.4 is 5.32 Å². The van der Waals surface area contributed by atoms with Gasteiger partial charge in [0.05, 0.1) is 5.52 Å². The molecule has 3 aromatic rings. The van der Waals surface area contributed by atoms with Gasteiger partial charge in [-0.05, 0) is 43.2 Å². The molecule has 0 aliphatic heterocycles. The number of amides is 1. The summed E-state index contributed by atoms with van der Waals surface area (Å²) in [6.07, 6.45) is 2.52. The number of nitrogens with one attached hydrogen (secondary N) is 1. The standard InChI is InChI=1S/C17H15Cl2N3O/c1-11-21-16(15-4-2-3-9-22(11)15)17(23)20-8-7-12-5-6-13(18)10-14(12)19/h2-6,9-10H,7-8H2,1H3,(H,20,23). The van der Waals surface area contributed by atoms with E-state index in [1.54, 1.807) is 12.1 Å². The SMILES string of the molecule is Cc1nc(C(=O)NCCc2ccc(Cl)cc2Cl)c2ccccn12. The molecule has 1 N–H and O–H groups in total. The second-order valence-electron chi connectivity index (χ2n) is 5.21. The Bertz CT molecular complexity index is 873. The van der Waals surface area contributed by atoms with Crippen LogP contribution in [0.1, 0.15) is 21.9 Å². The molecule has 4 nitrogen and oxygen atoms in total. The van der Waals surface area contributed by atoms with E-state index in [0.29, 0.717) is 28.7 Å². The van der Waals surface area contributed by atoms with Crippen molar-refractivity contribution in [2.75, 3.05) is 6.54 Å². The van der Waals surface area contributed by atoms with Gasteiger partial charge in [-0.25, -0.2) is 4.98 Å². The number of imidazole rings is 1. The first-order chi connectivity index (χ1) is 11.1. The number of benzene rings is 1. The summed E-state index contributed by atoms with van der Waals surface area (Å²) in [6.45, 7) is 2.35. The number of aryl methyl sites for hydroxylation is 1. The number of fused-ring (bicyclic) bond motifs is 1. The fourth-order valence-corrected chi connectivity index (χ4v) is 2.98. The van der Waals surface area contributed by atoms with Crippen LogP contribution in [-0.4, -0.2) is 21.8 Å². The van der Waals surface area contributed by atoms with E-state index < -0.39 is 0 Å². The summed E-state index contributed by atoms with van der Waals surface area (Å²) in [6, 6.07) is 11.0. The molecule has 1 amide bonds. The van der Waals surface area contributed by atoms with Gasteiger partial charge in [0, 0.05) is 22.8 Å². The lowest BCUT2D eigenvalue weighted by atomic mass is 10.1. The van der Waals surface area contributed by atoms with Crippen LogP contribution in [0, 0.1) is 6.92 Å². The summed E-state index contributed by atoms with van der Waals surface area (Å²) in [5.41, 5.74) is 2.18. The molecule has 0 spiro atoms. The minimum absolute atomic E-state index is 0.188. The molecule has 1 aromatic carbocycles. The molecule has 2 heterocycles. The number of halogens is 2. The number of rotatable bonds is 4. The summed E-state index contributed by atoms with van der Waals surface area (Å²) in [5.74, 6) is 0.596. The Balaban J connectivity index is 1.69. The molecule has 0 unspecified atom stereocenters. The number of nitrogens with zero attached hydrogens (tertiary/aromatic N) is 2. The van der Waals surface area contributed by atoms with E-state index in [1.807, 2.05) is 41.8 Å². The molecule has 0 saturated heterocycles. The smallest absolute Gasteiger partial charge is 0.272 e. The molecule has 0 saturated carbocycles. The zero-order valence-electron chi connectivity index (χ0n) is 12.5. The van der Waals surface area contributed by atoms with Crippen LogP contribution in [0.5, 0.6) is 0 Å². The topological polar surface area (TPSA) is 46.4 Å². The number of carbonyl (C=O) groups excluding carboxylic acids is 1. The zero-order valence-corrected chi connectivity index (χ0v) is 14.0. The van der Waals surface area contributed by atoms with Gasteiger partial charge in [0.15, 0.2) is 5.69 Å². The van der Waals surface area contributed by atoms with E-state index in [1.165, 1.54) is 0 Å². The largest absolute Gasteiger partial charge is 0.350 e. The Kier molecular flexibility index (Phi) is 4.55. The first kappa shape index (κ1) is 15.8. The fraction of sp³-hybridized carbons (Fsp3) is 0.176. The Morgan fingerprint density at radius 2 is 2.09 bits per heavy atom. The van der Waals surface area contributed by atoms with E-state index in [9.17, 15) is 4.79 Å². The highest BCUT2D eigenvalue weighted by molar-refractivity contribution is 6.35. The van der Waals surface area contributed by atoms with Crippen molar-refractivity contribution in [3.63, 3.8) is 0 Å². The predicted molar refractivity (Wildman–Crippen MR) is 92.4 cm³/mol. The lowest BCUT2D eigenvalue weighted by molar-refractivity contribution is 0.0951. The maximum atomic E-state index is 12.4. The third-order valence-corrected chi connectivity index (χ3v) is 4.22. The minimum atomic E-state index is -0.188. The highest BCUT2D eigenvalue weighted by atomic mass is 35.5. The maximum absolute atomic E-state index is 12.4. The molecular formula is C17H15Cl2N3O. The monoisotopic (exact) mass is 347 g/mol. The van der Waals surface area contributed by atoms with Gasteiger partial charge in [0.1, 0.15) is 5.82 Å². The molecular weight excluding hydrogens is 333 g/mol. The van der Waals surface area contributed by atoms with Gasteiger partial charge in [-0.1, -0.05) is 35.3 Å². The van der Waals surface area contributed by atoms with Gasteiger partial charge in [-0.2, -0.15) is 0 Å². The second-order valence-corrected chi connectivity index (χ2v) is 6.05. The van der Waals surface area contributed by atoms with E-state index >= 15 is 0 Å². The van der Waals surface area contributed by atoms with Crippen molar-refractivity contribution in [3.8, 4) is 0 Å². The number of hydrogen-bond donors (Lipinski definition) is 1. The van der Waals surface area contributed by atoms with Gasteiger partial charge in [0.2, 0.25) is 0 Å². The highest BCUT2D eigenvalue weighted by Crippen LogP contribution is 2.21. The Morgan fingerprint density at radius 3 is 2.87 bits per heavy atom. The number of hydrogen-bond acceptors (Lipinski definition) is 2. The highest BCUT2D eigenvalue weighted by Gasteiger charge is 2.15. The van der Waals surface area contributed by atoms with Crippen molar-refractivity contribution in [3.05, 3.63) is 69.7 Å². The van der Waals surface area contributed by atoms with E-state index in [0.717, 1.165) is 16.9 Å². The van der Waals surface area contributed by atoms with Gasteiger partial charge in [-0.3, -0.25) is 4.79 Å². The van der Waals surface area contributed by atoms with Crippen molar-refractivity contribution in [1.82, 2.24) is 14.7 Å². The minimum Gasteiger partial charge on any atom is -0.350 e. The van der Waals surface area contributed by atoms with Crippen LogP contribution in [0.4, 0.5) is 0 Å². The number of pyridine rings is 1. The lowest BCUT2D eigenvalue weighted by Gasteiger charge is -2.06. The summed E-state index contributed by atoms with van der Waals surface area (Å²) in [5, 5.41) is 4.09. The predicted octanol–water partition coefficient (Wildman–Crippen LogP) is 3.92. The molecule has 0 fully saturated rings. The van der Waals surface area contributed by atoms with Gasteiger partial charge < -0.3 is 9.72 Å². The zero-order chi connectivity index (χ0) is 16.4. The Hall–Kier alpha value is -2.04. The first-order valence-corrected chi connectivity index (χ1v) is 7.97. The second kappa shape index (κ2) is 6.60. The Labute approximate surface area is 144 Å². The maximum Gasteiger partial charge on any atom is 0.272 e. The molecule has 0 atom stereocenters. The van der Waals surface area contributed by atoms with Crippen LogP contribution in [0.15, 0.2) is 42.6 Å². The number of carbonyl (C=O) groups is 1. The average Bonchev–Trinajstić information content (AvgIpc) is 2.87. The van der Waals surface area contributed by atoms with Crippen molar-refractivity contribution >= 4 is 34.6 Å². The molecule has 118 valence electrons. The van der Waals surface area contributed by atoms with E-state index in [-0.39, 0.29) is 5.91 Å². The van der Waals surface area contributed by atoms with Crippen molar-refractivity contribution in [2.45, 2.75) is 13.3 Å². The first-order valence-electron chi connectivity index (χ1n) is 7.22. The molecule has 6 heteroatoms. The normalized spacial score (nSPS) is 10.9. The summed E-state index contributed by atoms with van der Waals surface area (Å²) >= 11 is 12.0. The number of aromatic nitrogens is 2. The molecule has 0 radical (unpaired) electrons. The van der Waals surface area contributed by atoms with Crippen molar-refractivity contribution in [1.29, 1.82) is 0 Å². The molecule has 23 heavy (non-hydrogen) atoms.